The van der Waals surface area contributed by atoms with E-state index in [4.69, 9.17) is 4.74 Å². The van der Waals surface area contributed by atoms with E-state index in [1.54, 1.807) is 0 Å². The number of aryl methyl sites for hydroxylation is 6. The van der Waals surface area contributed by atoms with E-state index in [-0.39, 0.29) is 0 Å². The Bertz CT molecular complexity index is 1710. The molecule has 2 nitrogen and oxygen atoms in total. The van der Waals surface area contributed by atoms with Crippen LogP contribution in [0.25, 0.3) is 22.3 Å². The fourth-order valence-electron chi connectivity index (χ4n) is 6.12. The van der Waals surface area contributed by atoms with Crippen LogP contribution in [0, 0.1) is 13.8 Å². The summed E-state index contributed by atoms with van der Waals surface area (Å²) in [4.78, 5) is 2.38. The highest BCUT2D eigenvalue weighted by Gasteiger charge is 2.27. The van der Waals surface area contributed by atoms with Crippen LogP contribution in [0.15, 0.2) is 91.0 Å². The maximum Gasteiger partial charge on any atom is 0.151 e. The van der Waals surface area contributed by atoms with Gasteiger partial charge in [0.1, 0.15) is 0 Å². The van der Waals surface area contributed by atoms with Crippen molar-refractivity contribution in [3.8, 4) is 33.8 Å². The second-order valence-electron chi connectivity index (χ2n) is 13.1. The van der Waals surface area contributed by atoms with Gasteiger partial charge in [0, 0.05) is 5.69 Å². The first-order valence-corrected chi connectivity index (χ1v) is 17.5. The minimum Gasteiger partial charge on any atom is -0.453 e. The number of ether oxygens (including phenoxy) is 1. The molecule has 1 aliphatic heterocycles. The Labute approximate surface area is 277 Å². The quantitative estimate of drug-likeness (QED) is 0.193. The molecule has 236 valence electrons. The third-order valence-corrected chi connectivity index (χ3v) is 9.51. The Morgan fingerprint density at radius 1 is 0.457 bits per heavy atom. The van der Waals surface area contributed by atoms with Crippen LogP contribution >= 0.6 is 0 Å². The van der Waals surface area contributed by atoms with Crippen molar-refractivity contribution in [2.75, 3.05) is 4.90 Å². The van der Waals surface area contributed by atoms with Crippen molar-refractivity contribution >= 4 is 17.1 Å². The summed E-state index contributed by atoms with van der Waals surface area (Å²) >= 11 is 0. The molecule has 0 radical (unpaired) electrons. The summed E-state index contributed by atoms with van der Waals surface area (Å²) < 4.78 is 6.45. The predicted octanol–water partition coefficient (Wildman–Crippen LogP) is 13.0. The molecule has 0 spiro atoms. The normalized spacial score (nSPS) is 13.1. The summed E-state index contributed by atoms with van der Waals surface area (Å²) in [6, 6.07) is 34.1. The van der Waals surface area contributed by atoms with Crippen LogP contribution in [0.4, 0.5) is 17.1 Å². The zero-order chi connectivity index (χ0) is 32.2. The number of anilines is 3. The van der Waals surface area contributed by atoms with E-state index in [1.807, 2.05) is 0 Å². The van der Waals surface area contributed by atoms with Crippen LogP contribution in [-0.2, 0) is 25.7 Å². The first kappa shape index (κ1) is 31.7. The molecule has 0 unspecified atom stereocenters. The van der Waals surface area contributed by atoms with Crippen LogP contribution in [0.5, 0.6) is 11.5 Å². The van der Waals surface area contributed by atoms with Crippen molar-refractivity contribution in [2.45, 2.75) is 92.9 Å². The van der Waals surface area contributed by atoms with Gasteiger partial charge in [-0.1, -0.05) is 102 Å². The number of unbranched alkanes of at least 4 members (excludes halogenated alkanes) is 2. The molecule has 2 aliphatic carbocycles. The zero-order valence-electron chi connectivity index (χ0n) is 28.7. The Morgan fingerprint density at radius 3 is 1.26 bits per heavy atom. The molecule has 46 heavy (non-hydrogen) atoms. The van der Waals surface area contributed by atoms with Crippen LogP contribution < -0.4 is 9.64 Å². The smallest absolute Gasteiger partial charge is 0.151 e. The van der Waals surface area contributed by atoms with E-state index in [9.17, 15) is 0 Å². The van der Waals surface area contributed by atoms with E-state index in [2.05, 4.69) is 137 Å². The lowest BCUT2D eigenvalue weighted by Gasteiger charge is -2.34. The van der Waals surface area contributed by atoms with Crippen molar-refractivity contribution in [3.05, 3.63) is 124 Å². The maximum absolute atomic E-state index is 6.45. The fourth-order valence-corrected chi connectivity index (χ4v) is 6.12. The monoisotopic (exact) mass is 607 g/mol. The van der Waals surface area contributed by atoms with Crippen molar-refractivity contribution < 1.29 is 4.74 Å². The highest BCUT2D eigenvalue weighted by atomic mass is 16.5. The number of fused-ring (bicyclic) bond motifs is 4. The summed E-state index contributed by atoms with van der Waals surface area (Å²) in [5, 5.41) is 0. The summed E-state index contributed by atoms with van der Waals surface area (Å²) in [5.74, 6) is 1.80. The van der Waals surface area contributed by atoms with Gasteiger partial charge in [-0.15, -0.1) is 0 Å². The molecule has 5 aromatic rings. The van der Waals surface area contributed by atoms with Gasteiger partial charge in [0.2, 0.25) is 0 Å². The number of rotatable bonds is 5. The molecule has 0 saturated heterocycles. The lowest BCUT2D eigenvalue weighted by Crippen LogP contribution is -2.16. The third-order valence-electron chi connectivity index (χ3n) is 9.51. The van der Waals surface area contributed by atoms with Crippen molar-refractivity contribution in [2.24, 2.45) is 0 Å². The molecule has 8 rings (SSSR count). The molecule has 0 aromatic heterocycles. The van der Waals surface area contributed by atoms with Gasteiger partial charge in [-0.25, -0.2) is 0 Å². The number of hydrogen-bond acceptors (Lipinski definition) is 2. The van der Waals surface area contributed by atoms with E-state index < -0.39 is 0 Å². The average molecular weight is 608 g/mol. The lowest BCUT2D eigenvalue weighted by atomic mass is 9.84. The molecule has 0 N–H and O–H groups in total. The van der Waals surface area contributed by atoms with Crippen LogP contribution in [0.1, 0.15) is 86.8 Å². The van der Waals surface area contributed by atoms with Gasteiger partial charge in [0.25, 0.3) is 0 Å². The minimum absolute atomic E-state index is 0.900. The number of nitrogens with zero attached hydrogens (tertiary/aromatic N) is 1. The molecule has 0 atom stereocenters. The molecule has 3 aliphatic rings. The second-order valence-corrected chi connectivity index (χ2v) is 13.1. The molecular formula is C44H49NO. The van der Waals surface area contributed by atoms with Gasteiger partial charge in [-0.3, -0.25) is 0 Å². The standard InChI is InChI=1S/C36H29NO.2C4H10/c1-22-3-13-33-35(15-22)38-36-16-23(2)4-14-34(36)37(33)32-20-30(28-11-7-24-5-9-26(24)17-28)19-31(21-32)29-12-8-25-6-10-27(25)18-29;2*1-3-4-2/h3-4,7-8,11-21H,5-6,9-10H2,1-2H3;2*3-4H2,1-2H3. The molecule has 0 fully saturated rings. The van der Waals surface area contributed by atoms with Gasteiger partial charge >= 0.3 is 0 Å². The maximum atomic E-state index is 6.45. The second kappa shape index (κ2) is 14.0. The average Bonchev–Trinajstić information content (AvgIpc) is 3.04. The minimum atomic E-state index is 0.900. The molecule has 2 heteroatoms. The first-order chi connectivity index (χ1) is 22.4. The molecule has 1 heterocycles. The van der Waals surface area contributed by atoms with E-state index in [0.29, 0.717) is 0 Å². The Hall–Kier alpha value is -4.30. The summed E-state index contributed by atoms with van der Waals surface area (Å²) in [6.07, 6.45) is 10.1. The van der Waals surface area contributed by atoms with Gasteiger partial charge in [-0.05, 0) is 138 Å². The van der Waals surface area contributed by atoms with Gasteiger partial charge in [0.05, 0.1) is 11.4 Å². The highest BCUT2D eigenvalue weighted by molar-refractivity contribution is 5.90. The van der Waals surface area contributed by atoms with E-state index in [1.165, 1.54) is 107 Å². The SMILES string of the molecule is CCCC.CCCC.Cc1ccc2c(c1)Oc1cc(C)ccc1N2c1cc(-c2ccc3c(c2)CC3)cc(-c2ccc3c(c2)CC3)c1. The number of hydrogen-bond donors (Lipinski definition) is 0. The van der Waals surface area contributed by atoms with Gasteiger partial charge < -0.3 is 9.64 Å². The van der Waals surface area contributed by atoms with Crippen LogP contribution in [0.3, 0.4) is 0 Å². The van der Waals surface area contributed by atoms with Gasteiger partial charge in [-0.2, -0.15) is 0 Å². The molecule has 0 saturated carbocycles. The zero-order valence-corrected chi connectivity index (χ0v) is 28.7. The van der Waals surface area contributed by atoms with Crippen molar-refractivity contribution in [1.82, 2.24) is 0 Å². The van der Waals surface area contributed by atoms with Crippen LogP contribution in [-0.4, -0.2) is 0 Å². The lowest BCUT2D eigenvalue weighted by molar-refractivity contribution is 0.476. The molecular weight excluding hydrogens is 558 g/mol. The number of benzene rings is 5. The Kier molecular flexibility index (Phi) is 9.64. The Balaban J connectivity index is 0.000000420. The first-order valence-electron chi connectivity index (χ1n) is 17.5. The molecule has 0 amide bonds. The third kappa shape index (κ3) is 6.49. The summed E-state index contributed by atoms with van der Waals surface area (Å²) in [5.41, 5.74) is 16.7. The van der Waals surface area contributed by atoms with E-state index in [0.717, 1.165) is 28.6 Å². The topological polar surface area (TPSA) is 12.5 Å². The van der Waals surface area contributed by atoms with E-state index >= 15 is 0 Å². The fraction of sp³-hybridized carbons (Fsp3) is 0.318. The predicted molar refractivity (Wildman–Crippen MR) is 198 cm³/mol. The van der Waals surface area contributed by atoms with Crippen molar-refractivity contribution in [3.63, 3.8) is 0 Å². The summed E-state index contributed by atoms with van der Waals surface area (Å²) in [7, 11) is 0. The van der Waals surface area contributed by atoms with Crippen molar-refractivity contribution in [1.29, 1.82) is 0 Å². The highest BCUT2D eigenvalue weighted by Crippen LogP contribution is 2.52. The largest absolute Gasteiger partial charge is 0.453 e. The van der Waals surface area contributed by atoms with Crippen LogP contribution in [0.2, 0.25) is 0 Å². The van der Waals surface area contributed by atoms with Gasteiger partial charge in [0.15, 0.2) is 11.5 Å². The summed E-state index contributed by atoms with van der Waals surface area (Å²) in [6.45, 7) is 13.0. The molecule has 5 aromatic carbocycles. The molecule has 0 bridgehead atoms. The Morgan fingerprint density at radius 2 is 0.891 bits per heavy atom.